The second-order valence-electron chi connectivity index (χ2n) is 7.00. The molecule has 0 atom stereocenters. The molecule has 29 heavy (non-hydrogen) atoms. The third-order valence-electron chi connectivity index (χ3n) is 4.64. The first-order valence-electron chi connectivity index (χ1n) is 9.15. The number of halogens is 1. The van der Waals surface area contributed by atoms with E-state index in [9.17, 15) is 22.4 Å². The van der Waals surface area contributed by atoms with Crippen molar-refractivity contribution in [3.8, 4) is 0 Å². The lowest BCUT2D eigenvalue weighted by atomic mass is 10.0. The normalized spacial score (nSPS) is 15.0. The first-order chi connectivity index (χ1) is 13.7. The first kappa shape index (κ1) is 20.8. The molecule has 0 aliphatic carbocycles. The van der Waals surface area contributed by atoms with E-state index in [1.54, 1.807) is 35.2 Å². The highest BCUT2D eigenvalue weighted by molar-refractivity contribution is 7.92. The van der Waals surface area contributed by atoms with Gasteiger partial charge in [-0.15, -0.1) is 0 Å². The first-order valence-corrected chi connectivity index (χ1v) is 11.0. The number of hydrogen-bond donors (Lipinski definition) is 2. The fourth-order valence-electron chi connectivity index (χ4n) is 3.20. The minimum Gasteiger partial charge on any atom is -0.349 e. The van der Waals surface area contributed by atoms with Crippen LogP contribution in [-0.4, -0.2) is 50.5 Å². The summed E-state index contributed by atoms with van der Waals surface area (Å²) in [5.74, 6) is -0.940. The number of likely N-dealkylation sites (tertiary alicyclic amines) is 1. The molecular weight excluding hydrogens is 397 g/mol. The van der Waals surface area contributed by atoms with Crippen molar-refractivity contribution in [3.05, 3.63) is 65.5 Å². The number of nitrogens with one attached hydrogen (secondary N) is 2. The van der Waals surface area contributed by atoms with E-state index in [-0.39, 0.29) is 23.4 Å². The van der Waals surface area contributed by atoms with Gasteiger partial charge in [-0.25, -0.2) is 12.8 Å². The number of sulfonamides is 1. The maximum absolute atomic E-state index is 13.3. The zero-order chi connectivity index (χ0) is 21.0. The predicted molar refractivity (Wildman–Crippen MR) is 108 cm³/mol. The van der Waals surface area contributed by atoms with Gasteiger partial charge in [0.25, 0.3) is 11.8 Å². The van der Waals surface area contributed by atoms with Crippen molar-refractivity contribution in [3.63, 3.8) is 0 Å². The van der Waals surface area contributed by atoms with Crippen LogP contribution in [0.25, 0.3) is 0 Å². The highest BCUT2D eigenvalue weighted by Crippen LogP contribution is 2.17. The van der Waals surface area contributed by atoms with Gasteiger partial charge in [-0.2, -0.15) is 0 Å². The quantitative estimate of drug-likeness (QED) is 0.777. The summed E-state index contributed by atoms with van der Waals surface area (Å²) >= 11 is 0. The molecule has 0 radical (unpaired) electrons. The van der Waals surface area contributed by atoms with Crippen LogP contribution in [0.4, 0.5) is 10.1 Å². The van der Waals surface area contributed by atoms with E-state index in [1.165, 1.54) is 18.2 Å². The van der Waals surface area contributed by atoms with Crippen molar-refractivity contribution in [1.29, 1.82) is 0 Å². The van der Waals surface area contributed by atoms with Crippen LogP contribution >= 0.6 is 0 Å². The standard InChI is InChI=1S/C20H22FN3O4S/c1-29(27,28)23-18-7-5-14(6-8-18)20(26)24-11-9-17(10-12-24)22-19(25)15-3-2-4-16(21)13-15/h2-8,13,17,23H,9-12H2,1H3,(H,22,25). The van der Waals surface area contributed by atoms with Crippen molar-refractivity contribution in [2.45, 2.75) is 18.9 Å². The maximum atomic E-state index is 13.3. The molecule has 0 spiro atoms. The molecule has 1 saturated heterocycles. The van der Waals surface area contributed by atoms with Crippen LogP contribution in [0, 0.1) is 5.82 Å². The molecule has 3 rings (SSSR count). The van der Waals surface area contributed by atoms with Gasteiger partial charge in [0.05, 0.1) is 6.26 Å². The Morgan fingerprint density at radius 1 is 1.03 bits per heavy atom. The van der Waals surface area contributed by atoms with E-state index in [0.717, 1.165) is 6.26 Å². The van der Waals surface area contributed by atoms with E-state index in [0.29, 0.717) is 37.2 Å². The van der Waals surface area contributed by atoms with Crippen LogP contribution in [0.1, 0.15) is 33.6 Å². The molecule has 1 heterocycles. The fourth-order valence-corrected chi connectivity index (χ4v) is 3.77. The third kappa shape index (κ3) is 5.77. The topological polar surface area (TPSA) is 95.6 Å². The molecular formula is C20H22FN3O4S. The van der Waals surface area contributed by atoms with Gasteiger partial charge in [0.1, 0.15) is 5.82 Å². The van der Waals surface area contributed by atoms with Gasteiger partial charge < -0.3 is 10.2 Å². The summed E-state index contributed by atoms with van der Waals surface area (Å²) in [6, 6.07) is 11.7. The lowest BCUT2D eigenvalue weighted by Crippen LogP contribution is -2.46. The number of piperidine rings is 1. The van der Waals surface area contributed by atoms with Crippen molar-refractivity contribution >= 4 is 27.5 Å². The Morgan fingerprint density at radius 3 is 2.28 bits per heavy atom. The molecule has 7 nitrogen and oxygen atoms in total. The van der Waals surface area contributed by atoms with Gasteiger partial charge in [0.2, 0.25) is 10.0 Å². The molecule has 1 aliphatic heterocycles. The average Bonchev–Trinajstić information content (AvgIpc) is 2.67. The molecule has 1 fully saturated rings. The largest absolute Gasteiger partial charge is 0.349 e. The molecule has 0 saturated carbocycles. The Morgan fingerprint density at radius 2 is 1.69 bits per heavy atom. The zero-order valence-electron chi connectivity index (χ0n) is 15.9. The molecule has 154 valence electrons. The molecule has 1 aliphatic rings. The Bertz CT molecular complexity index is 1000. The van der Waals surface area contributed by atoms with Crippen LogP contribution in [0.15, 0.2) is 48.5 Å². The van der Waals surface area contributed by atoms with E-state index in [2.05, 4.69) is 10.0 Å². The molecule has 0 unspecified atom stereocenters. The highest BCUT2D eigenvalue weighted by atomic mass is 32.2. The number of carbonyl (C=O) groups excluding carboxylic acids is 2. The number of rotatable bonds is 5. The summed E-state index contributed by atoms with van der Waals surface area (Å²) in [5, 5.41) is 2.88. The Hall–Kier alpha value is -2.94. The molecule has 2 aromatic rings. The molecule has 2 amide bonds. The Labute approximate surface area is 169 Å². The summed E-state index contributed by atoms with van der Waals surface area (Å²) < 4.78 is 38.1. The number of nitrogens with zero attached hydrogens (tertiary/aromatic N) is 1. The second-order valence-corrected chi connectivity index (χ2v) is 8.75. The van der Waals surface area contributed by atoms with Gasteiger partial charge in [-0.1, -0.05) is 6.07 Å². The van der Waals surface area contributed by atoms with Crippen LogP contribution in [-0.2, 0) is 10.0 Å². The number of amides is 2. The Balaban J connectivity index is 1.53. The van der Waals surface area contributed by atoms with E-state index in [1.807, 2.05) is 0 Å². The summed E-state index contributed by atoms with van der Waals surface area (Å²) in [5.41, 5.74) is 1.13. The highest BCUT2D eigenvalue weighted by Gasteiger charge is 2.25. The van der Waals surface area contributed by atoms with Gasteiger partial charge in [0, 0.05) is 35.9 Å². The van der Waals surface area contributed by atoms with E-state index in [4.69, 9.17) is 0 Å². The van der Waals surface area contributed by atoms with E-state index < -0.39 is 15.8 Å². The minimum atomic E-state index is -3.37. The fraction of sp³-hybridized carbons (Fsp3) is 0.300. The van der Waals surface area contributed by atoms with Crippen molar-refractivity contribution < 1.29 is 22.4 Å². The van der Waals surface area contributed by atoms with Crippen molar-refractivity contribution in [2.24, 2.45) is 0 Å². The van der Waals surface area contributed by atoms with Gasteiger partial charge in [0.15, 0.2) is 0 Å². The van der Waals surface area contributed by atoms with Gasteiger partial charge in [-0.3, -0.25) is 14.3 Å². The SMILES string of the molecule is CS(=O)(=O)Nc1ccc(C(=O)N2CCC(NC(=O)c3cccc(F)c3)CC2)cc1. The predicted octanol–water partition coefficient (Wildman–Crippen LogP) is 2.23. The number of carbonyl (C=O) groups is 2. The van der Waals surface area contributed by atoms with Crippen LogP contribution in [0.2, 0.25) is 0 Å². The Kier molecular flexibility index (Phi) is 6.17. The maximum Gasteiger partial charge on any atom is 0.253 e. The number of anilines is 1. The van der Waals surface area contributed by atoms with Gasteiger partial charge in [-0.05, 0) is 55.3 Å². The summed E-state index contributed by atoms with van der Waals surface area (Å²) in [6.07, 6.45) is 2.25. The number of benzene rings is 2. The molecule has 9 heteroatoms. The number of hydrogen-bond acceptors (Lipinski definition) is 4. The van der Waals surface area contributed by atoms with E-state index >= 15 is 0 Å². The van der Waals surface area contributed by atoms with Crippen molar-refractivity contribution in [1.82, 2.24) is 10.2 Å². The van der Waals surface area contributed by atoms with Crippen LogP contribution in [0.5, 0.6) is 0 Å². The van der Waals surface area contributed by atoms with Crippen molar-refractivity contribution in [2.75, 3.05) is 24.1 Å². The molecule has 2 aromatic carbocycles. The van der Waals surface area contributed by atoms with Crippen LogP contribution < -0.4 is 10.0 Å². The minimum absolute atomic E-state index is 0.0869. The van der Waals surface area contributed by atoms with Crippen LogP contribution in [0.3, 0.4) is 0 Å². The summed E-state index contributed by atoms with van der Waals surface area (Å²) in [4.78, 5) is 26.6. The zero-order valence-corrected chi connectivity index (χ0v) is 16.7. The summed E-state index contributed by atoms with van der Waals surface area (Å²) in [7, 11) is -3.37. The molecule has 2 N–H and O–H groups in total. The lowest BCUT2D eigenvalue weighted by molar-refractivity contribution is 0.0698. The summed E-state index contributed by atoms with van der Waals surface area (Å²) in [6.45, 7) is 0.965. The molecule has 0 bridgehead atoms. The second kappa shape index (κ2) is 8.60. The third-order valence-corrected chi connectivity index (χ3v) is 5.25. The van der Waals surface area contributed by atoms with Gasteiger partial charge >= 0.3 is 0 Å². The lowest BCUT2D eigenvalue weighted by Gasteiger charge is -2.32. The average molecular weight is 419 g/mol. The smallest absolute Gasteiger partial charge is 0.253 e. The molecule has 0 aromatic heterocycles. The monoisotopic (exact) mass is 419 g/mol.